The molecule has 1 unspecified atom stereocenters. The van der Waals surface area contributed by atoms with E-state index < -0.39 is 0 Å². The van der Waals surface area contributed by atoms with Crippen LogP contribution in [0.1, 0.15) is 233 Å². The summed E-state index contributed by atoms with van der Waals surface area (Å²) in [5, 5.41) is 0. The summed E-state index contributed by atoms with van der Waals surface area (Å²) in [6.45, 7) is 7.84. The molecule has 0 saturated carbocycles. The Kier molecular flexibility index (Phi) is 38.0. The van der Waals surface area contributed by atoms with Gasteiger partial charge in [0.05, 0.1) is 13.2 Å². The van der Waals surface area contributed by atoms with E-state index in [0.717, 1.165) is 64.2 Å². The van der Waals surface area contributed by atoms with E-state index in [1.165, 1.54) is 135 Å². The van der Waals surface area contributed by atoms with E-state index in [9.17, 15) is 9.59 Å². The zero-order valence-corrected chi connectivity index (χ0v) is 32.1. The second-order valence-corrected chi connectivity index (χ2v) is 14.4. The minimum absolute atomic E-state index is 0.0186. The van der Waals surface area contributed by atoms with Crippen LogP contribution in [0.3, 0.4) is 0 Å². The first-order chi connectivity index (χ1) is 23.1. The summed E-state index contributed by atoms with van der Waals surface area (Å²) in [5.74, 6) is 0.265. The summed E-state index contributed by atoms with van der Waals surface area (Å²) < 4.78 is 11.1. The van der Waals surface area contributed by atoms with Crippen LogP contribution < -0.4 is 0 Å². The Morgan fingerprint density at radius 3 is 1.32 bits per heavy atom. The van der Waals surface area contributed by atoms with Crippen molar-refractivity contribution in [1.29, 1.82) is 0 Å². The number of carbonyl (C=O) groups excluding carboxylic acids is 2. The highest BCUT2D eigenvalue weighted by Crippen LogP contribution is 2.17. The average molecular weight is 663 g/mol. The Labute approximate surface area is 294 Å². The molecule has 0 N–H and O–H groups in total. The normalized spacial score (nSPS) is 12.1. The van der Waals surface area contributed by atoms with Gasteiger partial charge in [0.2, 0.25) is 0 Å². The standard InChI is InChI=1S/C43H82O4/c1-4-7-10-13-15-16-17-18-19-20-21-22-24-28-33-38-43(45)47-40-41(35-30-26-23-14-11-8-5-2)36-31-27-25-29-32-37-42(44)46-39-34-12-9-6-3/h30,35,41H,4-29,31-34,36-40H2,1-3H3/b35-30+. The quantitative estimate of drug-likeness (QED) is 0.0375. The van der Waals surface area contributed by atoms with Gasteiger partial charge in [-0.1, -0.05) is 193 Å². The van der Waals surface area contributed by atoms with Crippen LogP contribution in [0.25, 0.3) is 0 Å². The van der Waals surface area contributed by atoms with Gasteiger partial charge in [0.15, 0.2) is 0 Å². The summed E-state index contributed by atoms with van der Waals surface area (Å²) in [6, 6.07) is 0. The van der Waals surface area contributed by atoms with Crippen molar-refractivity contribution in [2.45, 2.75) is 233 Å². The van der Waals surface area contributed by atoms with Gasteiger partial charge >= 0.3 is 11.9 Å². The van der Waals surface area contributed by atoms with Crippen LogP contribution in [0.2, 0.25) is 0 Å². The van der Waals surface area contributed by atoms with Gasteiger partial charge in [0, 0.05) is 18.8 Å². The zero-order valence-electron chi connectivity index (χ0n) is 32.1. The number of carbonyl (C=O) groups is 2. The Morgan fingerprint density at radius 1 is 0.447 bits per heavy atom. The molecule has 0 aromatic heterocycles. The third kappa shape index (κ3) is 37.4. The molecular weight excluding hydrogens is 580 g/mol. The van der Waals surface area contributed by atoms with Crippen molar-refractivity contribution in [3.63, 3.8) is 0 Å². The van der Waals surface area contributed by atoms with Gasteiger partial charge in [-0.05, 0) is 38.5 Å². The molecule has 0 spiro atoms. The maximum absolute atomic E-state index is 12.5. The van der Waals surface area contributed by atoms with Crippen molar-refractivity contribution in [3.05, 3.63) is 12.2 Å². The van der Waals surface area contributed by atoms with Crippen LogP contribution >= 0.6 is 0 Å². The Balaban J connectivity index is 4.02. The minimum Gasteiger partial charge on any atom is -0.466 e. The molecule has 47 heavy (non-hydrogen) atoms. The topological polar surface area (TPSA) is 52.6 Å². The molecule has 0 aliphatic heterocycles. The lowest BCUT2D eigenvalue weighted by molar-refractivity contribution is -0.145. The summed E-state index contributed by atoms with van der Waals surface area (Å²) in [4.78, 5) is 24.4. The molecule has 0 bridgehead atoms. The van der Waals surface area contributed by atoms with Crippen LogP contribution in [0.5, 0.6) is 0 Å². The van der Waals surface area contributed by atoms with E-state index in [1.807, 2.05) is 0 Å². The maximum atomic E-state index is 12.5. The molecule has 0 heterocycles. The number of hydrogen-bond donors (Lipinski definition) is 0. The molecule has 0 aliphatic carbocycles. The van der Waals surface area contributed by atoms with E-state index in [0.29, 0.717) is 32.0 Å². The van der Waals surface area contributed by atoms with Gasteiger partial charge < -0.3 is 9.47 Å². The highest BCUT2D eigenvalue weighted by molar-refractivity contribution is 5.69. The summed E-state index contributed by atoms with van der Waals surface area (Å²) >= 11 is 0. The molecule has 1 atom stereocenters. The van der Waals surface area contributed by atoms with Crippen molar-refractivity contribution in [2.75, 3.05) is 13.2 Å². The first-order valence-corrected chi connectivity index (χ1v) is 21.1. The van der Waals surface area contributed by atoms with Crippen LogP contribution in [0.4, 0.5) is 0 Å². The smallest absolute Gasteiger partial charge is 0.305 e. The van der Waals surface area contributed by atoms with Crippen LogP contribution in [-0.4, -0.2) is 25.2 Å². The molecule has 0 radical (unpaired) electrons. The van der Waals surface area contributed by atoms with Gasteiger partial charge in [-0.3, -0.25) is 9.59 Å². The largest absolute Gasteiger partial charge is 0.466 e. The molecule has 0 fully saturated rings. The summed E-state index contributed by atoms with van der Waals surface area (Å²) in [5.41, 5.74) is 0. The second-order valence-electron chi connectivity index (χ2n) is 14.4. The predicted octanol–water partition coefficient (Wildman–Crippen LogP) is 14.2. The van der Waals surface area contributed by atoms with E-state index in [-0.39, 0.29) is 11.9 Å². The maximum Gasteiger partial charge on any atom is 0.305 e. The fourth-order valence-corrected chi connectivity index (χ4v) is 6.30. The van der Waals surface area contributed by atoms with Gasteiger partial charge in [0.1, 0.15) is 0 Å². The van der Waals surface area contributed by atoms with Gasteiger partial charge in [-0.15, -0.1) is 0 Å². The molecule has 0 aromatic rings. The lowest BCUT2D eigenvalue weighted by Crippen LogP contribution is -2.13. The summed E-state index contributed by atoms with van der Waals surface area (Å²) in [6.07, 6.45) is 44.5. The lowest BCUT2D eigenvalue weighted by atomic mass is 9.99. The second kappa shape index (κ2) is 39.1. The van der Waals surface area contributed by atoms with Gasteiger partial charge in [-0.25, -0.2) is 0 Å². The molecule has 278 valence electrons. The Bertz CT molecular complexity index is 673. The number of ether oxygens (including phenoxy) is 2. The molecule has 0 aliphatic rings. The third-order valence-electron chi connectivity index (χ3n) is 9.54. The first kappa shape index (κ1) is 45.7. The number of esters is 2. The average Bonchev–Trinajstić information content (AvgIpc) is 3.07. The number of unbranched alkanes of at least 4 members (excludes halogenated alkanes) is 26. The predicted molar refractivity (Wildman–Crippen MR) is 204 cm³/mol. The van der Waals surface area contributed by atoms with Gasteiger partial charge in [0.25, 0.3) is 0 Å². The van der Waals surface area contributed by atoms with Crippen LogP contribution in [0.15, 0.2) is 12.2 Å². The van der Waals surface area contributed by atoms with Crippen molar-refractivity contribution in [2.24, 2.45) is 5.92 Å². The highest BCUT2D eigenvalue weighted by atomic mass is 16.5. The minimum atomic E-state index is -0.0347. The van der Waals surface area contributed by atoms with E-state index in [2.05, 4.69) is 32.9 Å². The Hall–Kier alpha value is -1.32. The van der Waals surface area contributed by atoms with E-state index >= 15 is 0 Å². The number of hydrogen-bond acceptors (Lipinski definition) is 4. The van der Waals surface area contributed by atoms with Crippen molar-refractivity contribution in [3.8, 4) is 0 Å². The number of rotatable bonds is 38. The molecule has 0 saturated heterocycles. The molecule has 0 rings (SSSR count). The van der Waals surface area contributed by atoms with Gasteiger partial charge in [-0.2, -0.15) is 0 Å². The fraction of sp³-hybridized carbons (Fsp3) is 0.907. The van der Waals surface area contributed by atoms with Crippen LogP contribution in [0, 0.1) is 5.92 Å². The highest BCUT2D eigenvalue weighted by Gasteiger charge is 2.10. The van der Waals surface area contributed by atoms with Crippen molar-refractivity contribution < 1.29 is 19.1 Å². The third-order valence-corrected chi connectivity index (χ3v) is 9.54. The van der Waals surface area contributed by atoms with Crippen LogP contribution in [-0.2, 0) is 19.1 Å². The van der Waals surface area contributed by atoms with E-state index in [4.69, 9.17) is 9.47 Å². The molecule has 4 heteroatoms. The number of allylic oxidation sites excluding steroid dienone is 1. The first-order valence-electron chi connectivity index (χ1n) is 21.1. The lowest BCUT2D eigenvalue weighted by Gasteiger charge is -2.14. The van der Waals surface area contributed by atoms with Crippen molar-refractivity contribution >= 4 is 11.9 Å². The SMILES string of the molecule is CCCCCCC/C=C/C(CCCCCCCC(=O)OCCCCCC)COC(=O)CCCCCCCCCCCCCCCCC. The zero-order chi connectivity index (χ0) is 34.3. The summed E-state index contributed by atoms with van der Waals surface area (Å²) in [7, 11) is 0. The fourth-order valence-electron chi connectivity index (χ4n) is 6.30. The Morgan fingerprint density at radius 2 is 0.830 bits per heavy atom. The monoisotopic (exact) mass is 663 g/mol. The molecule has 0 amide bonds. The molecule has 4 nitrogen and oxygen atoms in total. The molecule has 0 aromatic carbocycles. The molecular formula is C43H82O4. The van der Waals surface area contributed by atoms with Crippen molar-refractivity contribution in [1.82, 2.24) is 0 Å². The van der Waals surface area contributed by atoms with E-state index in [1.54, 1.807) is 0 Å².